The number of aromatic hydroxyl groups is 1. The van der Waals surface area contributed by atoms with Gasteiger partial charge in [0.15, 0.2) is 6.61 Å². The van der Waals surface area contributed by atoms with Gasteiger partial charge in [0, 0.05) is 22.0 Å². The number of azo groups is 1. The quantitative estimate of drug-likeness (QED) is 0.168. The van der Waals surface area contributed by atoms with Crippen LogP contribution in [0.1, 0.15) is 5.56 Å². The molecular weight excluding hydrogens is 475 g/mol. The minimum absolute atomic E-state index is 0.0240. The van der Waals surface area contributed by atoms with Gasteiger partial charge in [-0.1, -0.05) is 59.6 Å². The minimum Gasteiger partial charge on any atom is -0.507 e. The molecule has 7 nitrogen and oxygen atoms in total. The van der Waals surface area contributed by atoms with E-state index in [0.29, 0.717) is 21.3 Å². The Hall–Kier alpha value is -3.94. The number of fused-ring (bicyclic) bond motifs is 1. The van der Waals surface area contributed by atoms with Gasteiger partial charge in [-0.25, -0.2) is 5.43 Å². The molecule has 0 aliphatic heterocycles. The summed E-state index contributed by atoms with van der Waals surface area (Å²) in [6, 6.07) is 23.1. The average Bonchev–Trinajstić information content (AvgIpc) is 2.85. The monoisotopic (exact) mass is 492 g/mol. The number of benzene rings is 4. The summed E-state index contributed by atoms with van der Waals surface area (Å²) >= 11 is 11.9. The van der Waals surface area contributed by atoms with Gasteiger partial charge in [-0.15, -0.1) is 5.11 Å². The lowest BCUT2D eigenvalue weighted by Crippen LogP contribution is -2.24. The third kappa shape index (κ3) is 5.89. The van der Waals surface area contributed by atoms with Gasteiger partial charge in [-0.3, -0.25) is 4.79 Å². The molecule has 170 valence electrons. The van der Waals surface area contributed by atoms with Gasteiger partial charge in [-0.2, -0.15) is 10.2 Å². The molecule has 0 fully saturated rings. The maximum Gasteiger partial charge on any atom is 0.277 e. The number of amides is 1. The van der Waals surface area contributed by atoms with E-state index >= 15 is 0 Å². The van der Waals surface area contributed by atoms with Crippen molar-refractivity contribution in [1.29, 1.82) is 0 Å². The van der Waals surface area contributed by atoms with Gasteiger partial charge in [0.25, 0.3) is 5.91 Å². The summed E-state index contributed by atoms with van der Waals surface area (Å²) in [5, 5.41) is 25.4. The largest absolute Gasteiger partial charge is 0.507 e. The number of rotatable bonds is 7. The Bertz CT molecular complexity index is 1400. The number of carbonyl (C=O) groups is 1. The van der Waals surface area contributed by atoms with Crippen molar-refractivity contribution in [2.75, 3.05) is 6.61 Å². The van der Waals surface area contributed by atoms with Crippen molar-refractivity contribution in [3.63, 3.8) is 0 Å². The number of nitrogens with one attached hydrogen (secondary N) is 1. The second kappa shape index (κ2) is 10.8. The van der Waals surface area contributed by atoms with Gasteiger partial charge < -0.3 is 9.84 Å². The van der Waals surface area contributed by atoms with E-state index in [1.807, 2.05) is 42.5 Å². The van der Waals surface area contributed by atoms with Crippen molar-refractivity contribution >= 4 is 57.5 Å². The lowest BCUT2D eigenvalue weighted by Gasteiger charge is -2.07. The molecule has 0 bridgehead atoms. The summed E-state index contributed by atoms with van der Waals surface area (Å²) in [6.45, 7) is -0.317. The van der Waals surface area contributed by atoms with Crippen LogP contribution in [0.4, 0.5) is 11.4 Å². The normalized spacial score (nSPS) is 11.4. The number of hydrogen-bond acceptors (Lipinski definition) is 6. The number of halogens is 2. The van der Waals surface area contributed by atoms with E-state index in [0.717, 1.165) is 16.5 Å². The van der Waals surface area contributed by atoms with Crippen molar-refractivity contribution in [2.24, 2.45) is 15.3 Å². The van der Waals surface area contributed by atoms with E-state index in [9.17, 15) is 9.90 Å². The number of phenols is 1. The Balaban J connectivity index is 1.40. The van der Waals surface area contributed by atoms with E-state index in [1.54, 1.807) is 24.3 Å². The van der Waals surface area contributed by atoms with E-state index in [2.05, 4.69) is 20.8 Å². The van der Waals surface area contributed by atoms with Crippen molar-refractivity contribution in [1.82, 2.24) is 5.43 Å². The molecule has 0 atom stereocenters. The van der Waals surface area contributed by atoms with Gasteiger partial charge in [-0.05, 0) is 41.8 Å². The van der Waals surface area contributed by atoms with Gasteiger partial charge >= 0.3 is 0 Å². The molecule has 4 rings (SSSR count). The first kappa shape index (κ1) is 23.2. The Morgan fingerprint density at radius 3 is 2.68 bits per heavy atom. The summed E-state index contributed by atoms with van der Waals surface area (Å²) < 4.78 is 5.35. The Morgan fingerprint density at radius 1 is 0.971 bits per heavy atom. The van der Waals surface area contributed by atoms with Crippen molar-refractivity contribution in [3.8, 4) is 11.5 Å². The van der Waals surface area contributed by atoms with Crippen LogP contribution < -0.4 is 10.2 Å². The molecule has 0 aliphatic rings. The highest BCUT2D eigenvalue weighted by Gasteiger charge is 2.07. The van der Waals surface area contributed by atoms with Gasteiger partial charge in [0.2, 0.25) is 0 Å². The van der Waals surface area contributed by atoms with E-state index in [4.69, 9.17) is 27.9 Å². The summed E-state index contributed by atoms with van der Waals surface area (Å²) in [7, 11) is 0. The third-order valence-corrected chi connectivity index (χ3v) is 5.24. The van der Waals surface area contributed by atoms with Crippen molar-refractivity contribution < 1.29 is 14.6 Å². The number of hydrazone groups is 1. The van der Waals surface area contributed by atoms with Crippen LogP contribution in [0.3, 0.4) is 0 Å². The van der Waals surface area contributed by atoms with Crippen molar-refractivity contribution in [2.45, 2.75) is 0 Å². The van der Waals surface area contributed by atoms with Crippen LogP contribution in [0, 0.1) is 0 Å². The fourth-order valence-electron chi connectivity index (χ4n) is 3.05. The second-order valence-corrected chi connectivity index (χ2v) is 7.94. The number of nitrogens with zero attached hydrogens (tertiary/aromatic N) is 3. The van der Waals surface area contributed by atoms with Crippen LogP contribution in [-0.4, -0.2) is 23.8 Å². The molecule has 0 saturated carbocycles. The SMILES string of the molecule is O=C(COc1cc(Cl)ccc1Cl)NN=Cc1cc(N=Nc2cccc3ccccc23)ccc1O. The van der Waals surface area contributed by atoms with Crippen molar-refractivity contribution in [3.05, 3.63) is 94.5 Å². The summed E-state index contributed by atoms with van der Waals surface area (Å²) in [4.78, 5) is 12.0. The number of ether oxygens (including phenoxy) is 1. The first-order valence-corrected chi connectivity index (χ1v) is 10.9. The second-order valence-electron chi connectivity index (χ2n) is 7.10. The smallest absolute Gasteiger partial charge is 0.277 e. The average molecular weight is 493 g/mol. The molecule has 34 heavy (non-hydrogen) atoms. The first-order chi connectivity index (χ1) is 16.5. The molecule has 9 heteroatoms. The molecule has 0 unspecified atom stereocenters. The van der Waals surface area contributed by atoms with E-state index < -0.39 is 5.91 Å². The molecule has 1 amide bonds. The zero-order valence-corrected chi connectivity index (χ0v) is 19.2. The Morgan fingerprint density at radius 2 is 1.79 bits per heavy atom. The Labute approximate surface area is 205 Å². The fraction of sp³-hybridized carbons (Fsp3) is 0.0400. The molecule has 0 heterocycles. The summed E-state index contributed by atoms with van der Waals surface area (Å²) in [5.41, 5.74) is 3.92. The van der Waals surface area contributed by atoms with Crippen LogP contribution in [0.5, 0.6) is 11.5 Å². The first-order valence-electron chi connectivity index (χ1n) is 10.1. The predicted molar refractivity (Wildman–Crippen MR) is 134 cm³/mol. The lowest BCUT2D eigenvalue weighted by atomic mass is 10.1. The predicted octanol–water partition coefficient (Wildman–Crippen LogP) is 6.80. The highest BCUT2D eigenvalue weighted by molar-refractivity contribution is 6.34. The molecular formula is C25H18Cl2N4O3. The Kier molecular flexibility index (Phi) is 7.37. The molecule has 4 aromatic carbocycles. The van der Waals surface area contributed by atoms with Crippen LogP contribution >= 0.6 is 23.2 Å². The maximum absolute atomic E-state index is 12.0. The highest BCUT2D eigenvalue weighted by atomic mass is 35.5. The minimum atomic E-state index is -0.515. The topological polar surface area (TPSA) is 95.6 Å². The number of phenolic OH excluding ortho intramolecular Hbond substituents is 1. The zero-order valence-electron chi connectivity index (χ0n) is 17.7. The van der Waals surface area contributed by atoms with Crippen LogP contribution in [-0.2, 0) is 4.79 Å². The van der Waals surface area contributed by atoms with E-state index in [-0.39, 0.29) is 18.1 Å². The highest BCUT2D eigenvalue weighted by Crippen LogP contribution is 2.29. The van der Waals surface area contributed by atoms with E-state index in [1.165, 1.54) is 18.3 Å². The molecule has 0 radical (unpaired) electrons. The molecule has 2 N–H and O–H groups in total. The standard InChI is InChI=1S/C25H18Cl2N4O3/c26-18-8-10-21(27)24(13-18)34-15-25(33)31-28-14-17-12-19(9-11-23(17)32)29-30-22-7-3-5-16-4-1-2-6-20(16)22/h1-14,32H,15H2,(H,31,33). The zero-order chi connectivity index (χ0) is 23.9. The maximum atomic E-state index is 12.0. The van der Waals surface area contributed by atoms with Crippen LogP contribution in [0.2, 0.25) is 10.0 Å². The third-order valence-electron chi connectivity index (χ3n) is 4.70. The lowest BCUT2D eigenvalue weighted by molar-refractivity contribution is -0.123. The fourth-order valence-corrected chi connectivity index (χ4v) is 3.39. The molecule has 0 spiro atoms. The number of carbonyl (C=O) groups excluding carboxylic acids is 1. The number of hydrogen-bond donors (Lipinski definition) is 2. The summed E-state index contributed by atoms with van der Waals surface area (Å²) in [6.07, 6.45) is 1.30. The van der Waals surface area contributed by atoms with Crippen LogP contribution in [0.25, 0.3) is 10.8 Å². The summed E-state index contributed by atoms with van der Waals surface area (Å²) in [5.74, 6) is -0.252. The molecule has 0 aliphatic carbocycles. The molecule has 0 saturated heterocycles. The molecule has 0 aromatic heterocycles. The van der Waals surface area contributed by atoms with Gasteiger partial charge in [0.1, 0.15) is 11.5 Å². The van der Waals surface area contributed by atoms with Gasteiger partial charge in [0.05, 0.1) is 22.6 Å². The van der Waals surface area contributed by atoms with Crippen LogP contribution in [0.15, 0.2) is 94.2 Å². The molecule has 4 aromatic rings.